The van der Waals surface area contributed by atoms with E-state index in [9.17, 15) is 0 Å². The molecule has 0 bridgehead atoms. The molecule has 2 N–H and O–H groups in total. The standard InChI is InChI=1S/C8H11BO4/c1-12-8-4-2-7(3-5-8)6-13-9(10)11/h2-5,10-11H,6H2,1H3. The van der Waals surface area contributed by atoms with E-state index in [0.717, 1.165) is 11.3 Å². The first kappa shape index (κ1) is 10.0. The predicted molar refractivity (Wildman–Crippen MR) is 48.0 cm³/mol. The summed E-state index contributed by atoms with van der Waals surface area (Å²) >= 11 is 0. The minimum absolute atomic E-state index is 0.168. The monoisotopic (exact) mass is 182 g/mol. The number of hydrogen-bond acceptors (Lipinski definition) is 4. The van der Waals surface area contributed by atoms with Crippen molar-refractivity contribution in [3.63, 3.8) is 0 Å². The summed E-state index contributed by atoms with van der Waals surface area (Å²) in [6.45, 7) is 0.168. The molecule has 1 rings (SSSR count). The normalized spacial score (nSPS) is 9.77. The Morgan fingerprint density at radius 2 is 1.85 bits per heavy atom. The molecule has 0 heterocycles. The number of rotatable bonds is 4. The summed E-state index contributed by atoms with van der Waals surface area (Å²) < 4.78 is 9.53. The first-order valence-electron chi connectivity index (χ1n) is 3.83. The summed E-state index contributed by atoms with van der Waals surface area (Å²) in [5.74, 6) is 0.758. The van der Waals surface area contributed by atoms with Gasteiger partial charge in [-0.05, 0) is 17.7 Å². The van der Waals surface area contributed by atoms with Crippen LogP contribution in [0.25, 0.3) is 0 Å². The molecule has 1 aromatic rings. The van der Waals surface area contributed by atoms with Gasteiger partial charge in [-0.15, -0.1) is 0 Å². The molecule has 5 heteroatoms. The van der Waals surface area contributed by atoms with E-state index in [1.807, 2.05) is 0 Å². The summed E-state index contributed by atoms with van der Waals surface area (Å²) in [7, 11) is -0.134. The van der Waals surface area contributed by atoms with Crippen LogP contribution < -0.4 is 4.74 Å². The van der Waals surface area contributed by atoms with Crippen molar-refractivity contribution >= 4 is 7.32 Å². The van der Waals surface area contributed by atoms with E-state index in [1.54, 1.807) is 31.4 Å². The van der Waals surface area contributed by atoms with Crippen molar-refractivity contribution in [2.45, 2.75) is 6.61 Å². The van der Waals surface area contributed by atoms with Gasteiger partial charge in [-0.2, -0.15) is 0 Å². The fraction of sp³-hybridized carbons (Fsp3) is 0.250. The van der Waals surface area contributed by atoms with E-state index in [1.165, 1.54) is 0 Å². The topological polar surface area (TPSA) is 58.9 Å². The van der Waals surface area contributed by atoms with E-state index in [4.69, 9.17) is 14.8 Å². The smallest absolute Gasteiger partial charge is 0.497 e. The zero-order valence-electron chi connectivity index (χ0n) is 7.30. The first-order valence-corrected chi connectivity index (χ1v) is 3.83. The number of methoxy groups -OCH3 is 1. The van der Waals surface area contributed by atoms with Crippen molar-refractivity contribution < 1.29 is 19.4 Å². The van der Waals surface area contributed by atoms with Gasteiger partial charge in [0.25, 0.3) is 0 Å². The van der Waals surface area contributed by atoms with Crippen molar-refractivity contribution in [1.82, 2.24) is 0 Å². The van der Waals surface area contributed by atoms with Crippen molar-refractivity contribution in [2.24, 2.45) is 0 Å². The molecule has 4 nitrogen and oxygen atoms in total. The van der Waals surface area contributed by atoms with Crippen LogP contribution in [0.4, 0.5) is 0 Å². The molecule has 0 aromatic heterocycles. The van der Waals surface area contributed by atoms with Crippen LogP contribution in [0.15, 0.2) is 24.3 Å². The van der Waals surface area contributed by atoms with Crippen LogP contribution in [-0.4, -0.2) is 24.5 Å². The van der Waals surface area contributed by atoms with E-state index in [2.05, 4.69) is 4.65 Å². The lowest BCUT2D eigenvalue weighted by Gasteiger charge is -2.03. The second kappa shape index (κ2) is 4.86. The largest absolute Gasteiger partial charge is 0.634 e. The predicted octanol–water partition coefficient (Wildman–Crippen LogP) is 0.181. The van der Waals surface area contributed by atoms with Crippen LogP contribution in [0, 0.1) is 0 Å². The fourth-order valence-electron chi connectivity index (χ4n) is 0.893. The second-order valence-electron chi connectivity index (χ2n) is 2.49. The lowest BCUT2D eigenvalue weighted by molar-refractivity contribution is 0.177. The van der Waals surface area contributed by atoms with E-state index in [0.29, 0.717) is 0 Å². The van der Waals surface area contributed by atoms with Crippen LogP contribution in [-0.2, 0) is 11.3 Å². The molecule has 13 heavy (non-hydrogen) atoms. The fourth-order valence-corrected chi connectivity index (χ4v) is 0.893. The van der Waals surface area contributed by atoms with E-state index >= 15 is 0 Å². The second-order valence-corrected chi connectivity index (χ2v) is 2.49. The Kier molecular flexibility index (Phi) is 3.76. The Balaban J connectivity index is 2.49. The Bertz CT molecular complexity index is 247. The molecule has 0 saturated carbocycles. The minimum atomic E-state index is -1.72. The van der Waals surface area contributed by atoms with Crippen LogP contribution in [0.2, 0.25) is 0 Å². The molecular weight excluding hydrogens is 171 g/mol. The number of hydrogen-bond donors (Lipinski definition) is 2. The van der Waals surface area contributed by atoms with Gasteiger partial charge in [-0.3, -0.25) is 0 Å². The Morgan fingerprint density at radius 1 is 1.23 bits per heavy atom. The summed E-state index contributed by atoms with van der Waals surface area (Å²) in [4.78, 5) is 0. The summed E-state index contributed by atoms with van der Waals surface area (Å²) in [5.41, 5.74) is 0.855. The number of ether oxygens (including phenoxy) is 1. The summed E-state index contributed by atoms with van der Waals surface area (Å²) in [6, 6.07) is 7.15. The lowest BCUT2D eigenvalue weighted by atomic mass is 10.2. The maximum atomic E-state index is 8.42. The highest BCUT2D eigenvalue weighted by atomic mass is 16.6. The highest BCUT2D eigenvalue weighted by Gasteiger charge is 2.07. The Hall–Kier alpha value is -1.04. The third-order valence-electron chi connectivity index (χ3n) is 1.56. The third kappa shape index (κ3) is 3.46. The molecule has 0 saturated heterocycles. The minimum Gasteiger partial charge on any atom is -0.497 e. The zero-order valence-corrected chi connectivity index (χ0v) is 7.30. The van der Waals surface area contributed by atoms with Gasteiger partial charge in [-0.1, -0.05) is 12.1 Å². The van der Waals surface area contributed by atoms with Crippen LogP contribution in [0.1, 0.15) is 5.56 Å². The molecular formula is C8H11BO4. The molecule has 0 fully saturated rings. The van der Waals surface area contributed by atoms with Gasteiger partial charge in [0.15, 0.2) is 0 Å². The van der Waals surface area contributed by atoms with E-state index in [-0.39, 0.29) is 6.61 Å². The molecule has 0 radical (unpaired) electrons. The molecule has 1 aromatic carbocycles. The average molecular weight is 182 g/mol. The lowest BCUT2D eigenvalue weighted by Crippen LogP contribution is -2.16. The van der Waals surface area contributed by atoms with Gasteiger partial charge < -0.3 is 19.4 Å². The van der Waals surface area contributed by atoms with E-state index < -0.39 is 7.32 Å². The van der Waals surface area contributed by atoms with Crippen LogP contribution >= 0.6 is 0 Å². The molecule has 0 spiro atoms. The van der Waals surface area contributed by atoms with Gasteiger partial charge in [-0.25, -0.2) is 0 Å². The Morgan fingerprint density at radius 3 is 2.31 bits per heavy atom. The maximum Gasteiger partial charge on any atom is 0.634 e. The van der Waals surface area contributed by atoms with Crippen molar-refractivity contribution in [2.75, 3.05) is 7.11 Å². The van der Waals surface area contributed by atoms with Crippen molar-refractivity contribution in [3.8, 4) is 5.75 Å². The molecule has 0 amide bonds. The third-order valence-corrected chi connectivity index (χ3v) is 1.56. The van der Waals surface area contributed by atoms with Gasteiger partial charge in [0.2, 0.25) is 0 Å². The Labute approximate surface area is 76.9 Å². The van der Waals surface area contributed by atoms with Gasteiger partial charge >= 0.3 is 7.32 Å². The summed E-state index contributed by atoms with van der Waals surface area (Å²) in [6.07, 6.45) is 0. The van der Waals surface area contributed by atoms with Crippen LogP contribution in [0.3, 0.4) is 0 Å². The molecule has 70 valence electrons. The molecule has 0 aliphatic carbocycles. The molecule has 0 aliphatic rings. The molecule has 0 unspecified atom stereocenters. The molecule has 0 aliphatic heterocycles. The maximum absolute atomic E-state index is 8.42. The average Bonchev–Trinajstić information content (AvgIpc) is 2.15. The zero-order chi connectivity index (χ0) is 9.68. The van der Waals surface area contributed by atoms with Crippen molar-refractivity contribution in [1.29, 1.82) is 0 Å². The SMILES string of the molecule is COc1ccc(COB(O)O)cc1. The van der Waals surface area contributed by atoms with Crippen molar-refractivity contribution in [3.05, 3.63) is 29.8 Å². The quantitative estimate of drug-likeness (QED) is 0.652. The van der Waals surface area contributed by atoms with Gasteiger partial charge in [0, 0.05) is 0 Å². The number of benzene rings is 1. The highest BCUT2D eigenvalue weighted by Crippen LogP contribution is 2.11. The molecule has 0 atom stereocenters. The first-order chi connectivity index (χ1) is 6.22. The summed E-state index contributed by atoms with van der Waals surface area (Å²) in [5, 5.41) is 16.8. The van der Waals surface area contributed by atoms with Gasteiger partial charge in [0.05, 0.1) is 13.7 Å². The highest BCUT2D eigenvalue weighted by molar-refractivity contribution is 6.32. The van der Waals surface area contributed by atoms with Crippen LogP contribution in [0.5, 0.6) is 5.75 Å². The van der Waals surface area contributed by atoms with Gasteiger partial charge in [0.1, 0.15) is 5.75 Å².